The number of fused-ring (bicyclic) bond motifs is 1. The Morgan fingerprint density at radius 3 is 2.57 bits per heavy atom. The Bertz CT molecular complexity index is 1790. The number of nitrogens with zero attached hydrogens (tertiary/aromatic N) is 6. The molecule has 42 heavy (non-hydrogen) atoms. The molecule has 1 saturated heterocycles. The van der Waals surface area contributed by atoms with Crippen LogP contribution >= 0.6 is 11.6 Å². The van der Waals surface area contributed by atoms with Gasteiger partial charge in [-0.2, -0.15) is 4.98 Å². The number of hydrogen-bond donors (Lipinski definition) is 1. The second kappa shape index (κ2) is 10.7. The minimum atomic E-state index is -0.978. The summed E-state index contributed by atoms with van der Waals surface area (Å²) in [5.74, 6) is 0.191. The van der Waals surface area contributed by atoms with Crippen LogP contribution in [0.25, 0.3) is 28.0 Å². The molecule has 1 aromatic carbocycles. The van der Waals surface area contributed by atoms with Crippen molar-refractivity contribution in [3.05, 3.63) is 74.7 Å². The van der Waals surface area contributed by atoms with Gasteiger partial charge in [0.15, 0.2) is 5.65 Å². The number of halogens is 2. The summed E-state index contributed by atoms with van der Waals surface area (Å²) in [6.07, 6.45) is 2.63. The number of pyridine rings is 2. The van der Waals surface area contributed by atoms with Gasteiger partial charge in [0.2, 0.25) is 0 Å². The number of aromatic nitrogens is 4. The van der Waals surface area contributed by atoms with Crippen molar-refractivity contribution in [3.63, 3.8) is 0 Å². The Hall–Kier alpha value is -4.05. The molecule has 0 bridgehead atoms. The molecule has 11 heteroatoms. The Balaban J connectivity index is 1.69. The normalized spacial score (nSPS) is 17.4. The fraction of sp³-hybridized carbons (Fsp3) is 0.387. The third-order valence-corrected chi connectivity index (χ3v) is 8.41. The highest BCUT2D eigenvalue weighted by Crippen LogP contribution is 2.46. The standard InChI is InChI=1S/C31H32ClFN6O3/c1-16(2)25-27(17(3)9-10-34-25)39-29-23(28(36-30(39)40)38-12-11-37(31(41)42)15-18(38)4)14-21(19-5-6-19)26(35-29)22-13-20(32)7-8-24(22)33/h7-10,13-14,16,18-19H,5-6,11-12,15H2,1-4H3,(H,41,42)/t18-/m0/s1. The van der Waals surface area contributed by atoms with Gasteiger partial charge in [0.05, 0.1) is 22.5 Å². The van der Waals surface area contributed by atoms with Crippen molar-refractivity contribution in [1.82, 2.24) is 24.4 Å². The quantitative estimate of drug-likeness (QED) is 0.298. The number of carbonyl (C=O) groups is 1. The lowest BCUT2D eigenvalue weighted by Crippen LogP contribution is -2.54. The van der Waals surface area contributed by atoms with Gasteiger partial charge in [-0.1, -0.05) is 25.4 Å². The molecule has 1 saturated carbocycles. The Kier molecular flexibility index (Phi) is 7.12. The summed E-state index contributed by atoms with van der Waals surface area (Å²) in [7, 11) is 0. The topological polar surface area (TPSA) is 104 Å². The van der Waals surface area contributed by atoms with Crippen LogP contribution in [0.2, 0.25) is 5.02 Å². The molecule has 4 heterocycles. The van der Waals surface area contributed by atoms with E-state index in [2.05, 4.69) is 9.97 Å². The van der Waals surface area contributed by atoms with E-state index < -0.39 is 17.6 Å². The van der Waals surface area contributed by atoms with Crippen molar-refractivity contribution in [2.24, 2.45) is 0 Å². The van der Waals surface area contributed by atoms with Crippen molar-refractivity contribution in [2.75, 3.05) is 24.5 Å². The molecular formula is C31H32ClFN6O3. The highest BCUT2D eigenvalue weighted by molar-refractivity contribution is 6.30. The van der Waals surface area contributed by atoms with Crippen molar-refractivity contribution in [2.45, 2.75) is 58.4 Å². The summed E-state index contributed by atoms with van der Waals surface area (Å²) in [5, 5.41) is 10.6. The van der Waals surface area contributed by atoms with E-state index in [9.17, 15) is 14.7 Å². The molecule has 218 valence electrons. The van der Waals surface area contributed by atoms with E-state index in [1.165, 1.54) is 21.6 Å². The van der Waals surface area contributed by atoms with Gasteiger partial charge >= 0.3 is 11.8 Å². The lowest BCUT2D eigenvalue weighted by molar-refractivity contribution is 0.136. The van der Waals surface area contributed by atoms with Crippen LogP contribution in [0, 0.1) is 12.7 Å². The van der Waals surface area contributed by atoms with Gasteiger partial charge in [-0.3, -0.25) is 4.98 Å². The van der Waals surface area contributed by atoms with E-state index in [-0.39, 0.29) is 36.5 Å². The average molecular weight is 591 g/mol. The number of rotatable bonds is 5. The van der Waals surface area contributed by atoms with E-state index in [0.29, 0.717) is 39.8 Å². The second-order valence-electron chi connectivity index (χ2n) is 11.5. The van der Waals surface area contributed by atoms with Crippen molar-refractivity contribution >= 4 is 34.5 Å². The highest BCUT2D eigenvalue weighted by Gasteiger charge is 2.33. The van der Waals surface area contributed by atoms with Gasteiger partial charge in [-0.15, -0.1) is 0 Å². The predicted molar refractivity (Wildman–Crippen MR) is 161 cm³/mol. The van der Waals surface area contributed by atoms with Crippen molar-refractivity contribution in [3.8, 4) is 16.9 Å². The smallest absolute Gasteiger partial charge is 0.407 e. The van der Waals surface area contributed by atoms with Gasteiger partial charge < -0.3 is 14.9 Å². The van der Waals surface area contributed by atoms with E-state index >= 15 is 4.39 Å². The van der Waals surface area contributed by atoms with Crippen LogP contribution in [0.5, 0.6) is 0 Å². The summed E-state index contributed by atoms with van der Waals surface area (Å²) in [6, 6.07) is 8.01. The second-order valence-corrected chi connectivity index (χ2v) is 12.0. The number of amides is 1. The van der Waals surface area contributed by atoms with Crippen molar-refractivity contribution in [1.29, 1.82) is 0 Å². The number of piperazine rings is 1. The first kappa shape index (κ1) is 28.1. The number of benzene rings is 1. The Morgan fingerprint density at radius 1 is 1.14 bits per heavy atom. The molecule has 0 spiro atoms. The first-order valence-electron chi connectivity index (χ1n) is 14.2. The average Bonchev–Trinajstić information content (AvgIpc) is 3.79. The molecule has 9 nitrogen and oxygen atoms in total. The maximum Gasteiger partial charge on any atom is 0.407 e. The minimum absolute atomic E-state index is 0.00114. The number of hydrogen-bond acceptors (Lipinski definition) is 6. The van der Waals surface area contributed by atoms with Crippen LogP contribution in [0.4, 0.5) is 15.0 Å². The van der Waals surface area contributed by atoms with Crippen LogP contribution in [0.1, 0.15) is 62.3 Å². The fourth-order valence-corrected chi connectivity index (χ4v) is 6.07. The molecule has 1 amide bonds. The summed E-state index contributed by atoms with van der Waals surface area (Å²) in [5.41, 5.74) is 3.57. The van der Waals surface area contributed by atoms with E-state index in [1.807, 2.05) is 44.7 Å². The van der Waals surface area contributed by atoms with Gasteiger partial charge in [0.1, 0.15) is 11.6 Å². The first-order chi connectivity index (χ1) is 20.0. The maximum atomic E-state index is 15.3. The molecule has 4 aromatic rings. The van der Waals surface area contributed by atoms with Crippen LogP contribution < -0.4 is 10.6 Å². The largest absolute Gasteiger partial charge is 0.465 e. The maximum absolute atomic E-state index is 15.3. The molecule has 2 aliphatic rings. The summed E-state index contributed by atoms with van der Waals surface area (Å²) in [6.45, 7) is 8.77. The molecule has 3 aromatic heterocycles. The van der Waals surface area contributed by atoms with Crippen LogP contribution in [-0.4, -0.2) is 61.3 Å². The van der Waals surface area contributed by atoms with Gasteiger partial charge in [-0.25, -0.2) is 23.5 Å². The third kappa shape index (κ3) is 4.87. The Labute approximate surface area is 247 Å². The molecule has 0 radical (unpaired) electrons. The molecule has 1 atom stereocenters. The van der Waals surface area contributed by atoms with Crippen LogP contribution in [-0.2, 0) is 0 Å². The van der Waals surface area contributed by atoms with E-state index in [0.717, 1.165) is 29.7 Å². The lowest BCUT2D eigenvalue weighted by Gasteiger charge is -2.39. The summed E-state index contributed by atoms with van der Waals surface area (Å²) < 4.78 is 16.8. The zero-order chi connectivity index (χ0) is 29.9. The summed E-state index contributed by atoms with van der Waals surface area (Å²) in [4.78, 5) is 43.4. The van der Waals surface area contributed by atoms with E-state index in [1.54, 1.807) is 12.3 Å². The molecule has 0 unspecified atom stereocenters. The summed E-state index contributed by atoms with van der Waals surface area (Å²) >= 11 is 6.32. The minimum Gasteiger partial charge on any atom is -0.465 e. The molecule has 6 rings (SSSR count). The Morgan fingerprint density at radius 2 is 1.90 bits per heavy atom. The molecule has 1 aliphatic heterocycles. The number of carboxylic acid groups (broad SMARTS) is 1. The van der Waals surface area contributed by atoms with Gasteiger partial charge in [-0.05, 0) is 80.0 Å². The zero-order valence-electron chi connectivity index (χ0n) is 23.9. The lowest BCUT2D eigenvalue weighted by atomic mass is 9.99. The molecule has 1 N–H and O–H groups in total. The van der Waals surface area contributed by atoms with Gasteiger partial charge in [0.25, 0.3) is 0 Å². The van der Waals surface area contributed by atoms with Crippen LogP contribution in [0.15, 0.2) is 41.3 Å². The fourth-order valence-electron chi connectivity index (χ4n) is 5.90. The molecule has 1 aliphatic carbocycles. The SMILES string of the molecule is Cc1ccnc(C(C)C)c1-n1c(=O)nc(N2CCN(C(=O)O)C[C@@H]2C)c2cc(C3CC3)c(-c3cc(Cl)ccc3F)nc21. The number of anilines is 1. The predicted octanol–water partition coefficient (Wildman–Crippen LogP) is 6.13. The van der Waals surface area contributed by atoms with Crippen LogP contribution in [0.3, 0.4) is 0 Å². The monoisotopic (exact) mass is 590 g/mol. The van der Waals surface area contributed by atoms with Gasteiger partial charge in [0, 0.05) is 42.5 Å². The first-order valence-corrected chi connectivity index (χ1v) is 14.6. The number of aryl methyl sites for hydroxylation is 1. The van der Waals surface area contributed by atoms with E-state index in [4.69, 9.17) is 16.6 Å². The third-order valence-electron chi connectivity index (χ3n) is 8.17. The zero-order valence-corrected chi connectivity index (χ0v) is 24.7. The molecular weight excluding hydrogens is 559 g/mol. The highest BCUT2D eigenvalue weighted by atomic mass is 35.5. The molecule has 2 fully saturated rings. The van der Waals surface area contributed by atoms with Crippen molar-refractivity contribution < 1.29 is 14.3 Å².